The second kappa shape index (κ2) is 13.1. The van der Waals surface area contributed by atoms with E-state index in [0.29, 0.717) is 34.8 Å². The Morgan fingerprint density at radius 3 is 2.47 bits per heavy atom. The minimum absolute atomic E-state index is 0.126. The first-order chi connectivity index (χ1) is 20.5. The lowest BCUT2D eigenvalue weighted by Crippen LogP contribution is -2.46. The van der Waals surface area contributed by atoms with Crippen LogP contribution in [0.3, 0.4) is 0 Å². The highest BCUT2D eigenvalue weighted by molar-refractivity contribution is 6.02. The normalized spacial score (nSPS) is 14.7. The molecule has 1 aliphatic rings. The second-order valence-corrected chi connectivity index (χ2v) is 10.2. The van der Waals surface area contributed by atoms with Crippen molar-refractivity contribution < 1.29 is 28.8 Å². The average Bonchev–Trinajstić information content (AvgIpc) is 3.00. The quantitative estimate of drug-likeness (QED) is 0.157. The predicted molar refractivity (Wildman–Crippen MR) is 155 cm³/mol. The monoisotopic (exact) mass is 593 g/mol. The van der Waals surface area contributed by atoms with Crippen LogP contribution in [0.25, 0.3) is 0 Å². The lowest BCUT2D eigenvalue weighted by molar-refractivity contribution is -0.384. The highest BCUT2D eigenvalue weighted by Crippen LogP contribution is 2.32. The number of nitrogens with two attached hydrogens (primary N) is 1. The number of carbonyl (C=O) groups excluding carboxylic acids is 3. The van der Waals surface area contributed by atoms with Crippen LogP contribution in [0.15, 0.2) is 58.1 Å². The third-order valence-corrected chi connectivity index (χ3v) is 7.18. The number of hydrogen-bond donors (Lipinski definition) is 1. The summed E-state index contributed by atoms with van der Waals surface area (Å²) in [6.45, 7) is 1.48. The molecule has 0 bridgehead atoms. The van der Waals surface area contributed by atoms with Crippen molar-refractivity contribution in [2.45, 2.75) is 32.9 Å². The molecule has 1 saturated heterocycles. The third kappa shape index (κ3) is 6.80. The van der Waals surface area contributed by atoms with E-state index in [0.717, 1.165) is 30.6 Å². The number of nitro benzene ring substituents is 1. The topological polar surface area (TPSA) is 186 Å². The Hall–Kier alpha value is -5.27. The van der Waals surface area contributed by atoms with Gasteiger partial charge in [-0.1, -0.05) is 37.3 Å². The van der Waals surface area contributed by atoms with Gasteiger partial charge < -0.3 is 20.1 Å². The van der Waals surface area contributed by atoms with E-state index in [1.54, 1.807) is 30.3 Å². The number of rotatable bonds is 10. The fourth-order valence-corrected chi connectivity index (χ4v) is 4.99. The van der Waals surface area contributed by atoms with Crippen LogP contribution in [0.2, 0.25) is 0 Å². The van der Waals surface area contributed by atoms with Crippen molar-refractivity contribution in [2.24, 2.45) is 5.92 Å². The number of methoxy groups -OCH3 is 1. The van der Waals surface area contributed by atoms with Crippen LogP contribution < -0.4 is 21.9 Å². The zero-order valence-corrected chi connectivity index (χ0v) is 23.7. The molecule has 226 valence electrons. The molecule has 1 aromatic heterocycles. The molecule has 0 unspecified atom stereocenters. The van der Waals surface area contributed by atoms with Crippen molar-refractivity contribution >= 4 is 34.9 Å². The Bertz CT molecular complexity index is 1680. The van der Waals surface area contributed by atoms with Gasteiger partial charge in [0, 0.05) is 19.2 Å². The number of anilines is 2. The molecular formula is C29H31N5O9. The number of hydrogen-bond acceptors (Lipinski definition) is 11. The van der Waals surface area contributed by atoms with Gasteiger partial charge in [0.1, 0.15) is 23.6 Å². The molecule has 0 saturated carbocycles. The Balaban J connectivity index is 1.61. The number of ether oxygens (including phenoxy) is 2. The van der Waals surface area contributed by atoms with Crippen molar-refractivity contribution in [3.05, 3.63) is 96.2 Å². The predicted octanol–water partition coefficient (Wildman–Crippen LogP) is 2.00. The standard InChI is InChI=1S/C29H31N5O9/c1-18-7-6-12-31(14-18)21-11-10-20(13-22(21)34(40)41)28(38)43-17-23(35)25-26(30)32(15-19-8-4-3-5-9-19)29(39)33(27(25)37)16-24(36)42-2/h3-5,8-11,13,18H,6-7,12,14-17,30H2,1-2H3/t18-/m1/s1. The molecule has 1 fully saturated rings. The van der Waals surface area contributed by atoms with E-state index >= 15 is 0 Å². The summed E-state index contributed by atoms with van der Waals surface area (Å²) in [5.74, 6) is -3.11. The maximum absolute atomic E-state index is 13.2. The van der Waals surface area contributed by atoms with Crippen LogP contribution in [0.1, 0.15) is 46.0 Å². The molecule has 14 heteroatoms. The van der Waals surface area contributed by atoms with Gasteiger partial charge in [0.25, 0.3) is 11.2 Å². The number of Topliss-reactive ketones (excluding diaryl/α,β-unsaturated/α-hetero) is 1. The fraction of sp³-hybridized carbons (Fsp3) is 0.345. The molecule has 43 heavy (non-hydrogen) atoms. The number of piperidine rings is 1. The van der Waals surface area contributed by atoms with Gasteiger partial charge in [-0.3, -0.25) is 29.1 Å². The molecule has 0 radical (unpaired) electrons. The number of nitrogens with zero attached hydrogens (tertiary/aromatic N) is 4. The fourth-order valence-electron chi connectivity index (χ4n) is 4.99. The van der Waals surface area contributed by atoms with Gasteiger partial charge in [-0.05, 0) is 36.5 Å². The number of ketones is 1. The number of nitro groups is 1. The maximum atomic E-state index is 13.2. The Morgan fingerprint density at radius 2 is 1.81 bits per heavy atom. The van der Waals surface area contributed by atoms with E-state index in [9.17, 15) is 34.1 Å². The summed E-state index contributed by atoms with van der Waals surface area (Å²) in [5, 5.41) is 11.8. The molecule has 0 aliphatic carbocycles. The van der Waals surface area contributed by atoms with Crippen LogP contribution in [-0.4, -0.2) is 58.6 Å². The summed E-state index contributed by atoms with van der Waals surface area (Å²) >= 11 is 0. The Kier molecular flexibility index (Phi) is 9.38. The smallest absolute Gasteiger partial charge is 0.338 e. The zero-order valence-electron chi connectivity index (χ0n) is 23.7. The van der Waals surface area contributed by atoms with E-state index in [2.05, 4.69) is 11.7 Å². The van der Waals surface area contributed by atoms with Gasteiger partial charge in [-0.2, -0.15) is 0 Å². The molecule has 4 rings (SSSR count). The zero-order chi connectivity index (χ0) is 31.3. The summed E-state index contributed by atoms with van der Waals surface area (Å²) < 4.78 is 11.2. The minimum atomic E-state index is -1.16. The van der Waals surface area contributed by atoms with Gasteiger partial charge >= 0.3 is 17.6 Å². The van der Waals surface area contributed by atoms with Crippen molar-refractivity contribution in [1.29, 1.82) is 0 Å². The molecule has 2 heterocycles. The minimum Gasteiger partial charge on any atom is -0.468 e. The van der Waals surface area contributed by atoms with Gasteiger partial charge in [-0.25, -0.2) is 14.2 Å². The van der Waals surface area contributed by atoms with E-state index in [-0.39, 0.29) is 17.8 Å². The van der Waals surface area contributed by atoms with Crippen molar-refractivity contribution in [3.63, 3.8) is 0 Å². The highest BCUT2D eigenvalue weighted by Gasteiger charge is 2.28. The average molecular weight is 594 g/mol. The van der Waals surface area contributed by atoms with E-state index in [1.807, 2.05) is 4.90 Å². The molecule has 3 aromatic rings. The first-order valence-electron chi connectivity index (χ1n) is 13.5. The molecule has 0 spiro atoms. The van der Waals surface area contributed by atoms with Crippen LogP contribution in [0, 0.1) is 16.0 Å². The lowest BCUT2D eigenvalue weighted by atomic mass is 9.99. The van der Waals surface area contributed by atoms with Crippen LogP contribution in [-0.2, 0) is 27.4 Å². The number of carbonyl (C=O) groups is 3. The number of esters is 2. The van der Waals surface area contributed by atoms with E-state index in [1.165, 1.54) is 12.1 Å². The van der Waals surface area contributed by atoms with Gasteiger partial charge in [0.05, 0.1) is 24.1 Å². The number of benzene rings is 2. The molecule has 2 N–H and O–H groups in total. The van der Waals surface area contributed by atoms with Gasteiger partial charge in [0.2, 0.25) is 5.78 Å². The van der Waals surface area contributed by atoms with Crippen molar-refractivity contribution in [2.75, 3.05) is 37.4 Å². The number of nitrogen functional groups attached to an aromatic ring is 1. The largest absolute Gasteiger partial charge is 0.468 e. The molecule has 14 nitrogen and oxygen atoms in total. The van der Waals surface area contributed by atoms with Crippen LogP contribution in [0.4, 0.5) is 17.2 Å². The summed E-state index contributed by atoms with van der Waals surface area (Å²) in [4.78, 5) is 77.4. The van der Waals surface area contributed by atoms with E-state index < -0.39 is 58.4 Å². The molecule has 1 aliphatic heterocycles. The summed E-state index contributed by atoms with van der Waals surface area (Å²) in [6.07, 6.45) is 1.90. The van der Waals surface area contributed by atoms with Crippen LogP contribution >= 0.6 is 0 Å². The lowest BCUT2D eigenvalue weighted by Gasteiger charge is -2.32. The molecule has 2 aromatic carbocycles. The Morgan fingerprint density at radius 1 is 1.09 bits per heavy atom. The second-order valence-electron chi connectivity index (χ2n) is 10.2. The SMILES string of the molecule is COC(=O)Cn1c(=O)c(C(=O)COC(=O)c2ccc(N3CCC[C@@H](C)C3)c([N+](=O)[O-])c2)c(N)n(Cc2ccccc2)c1=O. The molecular weight excluding hydrogens is 562 g/mol. The van der Waals surface area contributed by atoms with E-state index in [4.69, 9.17) is 10.5 Å². The summed E-state index contributed by atoms with van der Waals surface area (Å²) in [7, 11) is 1.07. The first-order valence-corrected chi connectivity index (χ1v) is 13.5. The Labute approximate surface area is 245 Å². The highest BCUT2D eigenvalue weighted by atomic mass is 16.6. The van der Waals surface area contributed by atoms with Gasteiger partial charge in [0.15, 0.2) is 6.61 Å². The summed E-state index contributed by atoms with van der Waals surface area (Å²) in [6, 6.07) is 12.5. The first kappa shape index (κ1) is 30.7. The maximum Gasteiger partial charge on any atom is 0.338 e. The van der Waals surface area contributed by atoms with Crippen molar-refractivity contribution in [3.8, 4) is 0 Å². The summed E-state index contributed by atoms with van der Waals surface area (Å²) in [5.41, 5.74) is 3.91. The van der Waals surface area contributed by atoms with Gasteiger partial charge in [-0.15, -0.1) is 0 Å². The number of aromatic nitrogens is 2. The molecule has 0 amide bonds. The van der Waals surface area contributed by atoms with Crippen molar-refractivity contribution in [1.82, 2.24) is 9.13 Å². The van der Waals surface area contributed by atoms with Crippen LogP contribution in [0.5, 0.6) is 0 Å². The molecule has 1 atom stereocenters. The third-order valence-electron chi connectivity index (χ3n) is 7.18.